The Morgan fingerprint density at radius 3 is 2.55 bits per heavy atom. The van der Waals surface area contributed by atoms with E-state index in [1.807, 2.05) is 49.5 Å². The van der Waals surface area contributed by atoms with Crippen LogP contribution in [0.15, 0.2) is 48.7 Å². The quantitative estimate of drug-likeness (QED) is 0.622. The van der Waals surface area contributed by atoms with Crippen LogP contribution >= 0.6 is 0 Å². The van der Waals surface area contributed by atoms with E-state index in [-0.39, 0.29) is 5.75 Å². The predicted octanol–water partition coefficient (Wildman–Crippen LogP) is 3.34. The summed E-state index contributed by atoms with van der Waals surface area (Å²) in [5.41, 5.74) is 10.9. The first-order chi connectivity index (χ1) is 9.65. The third kappa shape index (κ3) is 2.12. The maximum atomic E-state index is 10.0. The highest BCUT2D eigenvalue weighted by atomic mass is 16.3. The molecule has 0 unspecified atom stereocenters. The number of H-pyrrole nitrogens is 1. The van der Waals surface area contributed by atoms with Crippen LogP contribution in [0.4, 0.5) is 5.69 Å². The van der Waals surface area contributed by atoms with E-state index in [4.69, 9.17) is 5.73 Å². The van der Waals surface area contributed by atoms with Crippen molar-refractivity contribution >= 4 is 5.69 Å². The molecular weight excluding hydrogens is 250 g/mol. The van der Waals surface area contributed by atoms with Gasteiger partial charge in [-0.25, -0.2) is 0 Å². The Morgan fingerprint density at radius 2 is 1.80 bits per heavy atom. The number of phenolic OH excluding ortho intramolecular Hbond substituents is 1. The molecule has 4 N–H and O–H groups in total. The van der Waals surface area contributed by atoms with Crippen LogP contribution in [0.2, 0.25) is 0 Å². The number of aromatic hydroxyl groups is 1. The molecule has 0 bridgehead atoms. The largest absolute Gasteiger partial charge is 0.507 e. The van der Waals surface area contributed by atoms with E-state index in [0.717, 1.165) is 33.6 Å². The number of hydrogen-bond donors (Lipinski definition) is 3. The fraction of sp³-hybridized carbons (Fsp3) is 0.0625. The summed E-state index contributed by atoms with van der Waals surface area (Å²) in [5, 5.41) is 17.2. The van der Waals surface area contributed by atoms with Crippen molar-refractivity contribution in [3.8, 4) is 28.1 Å². The second kappa shape index (κ2) is 4.74. The molecule has 2 aromatic carbocycles. The normalized spacial score (nSPS) is 10.7. The lowest BCUT2D eigenvalue weighted by atomic mass is 10.00. The van der Waals surface area contributed by atoms with Crippen molar-refractivity contribution in [2.24, 2.45) is 0 Å². The molecule has 4 heteroatoms. The van der Waals surface area contributed by atoms with Crippen molar-refractivity contribution < 1.29 is 5.11 Å². The van der Waals surface area contributed by atoms with Gasteiger partial charge in [-0.3, -0.25) is 5.10 Å². The number of aromatic amines is 1. The lowest BCUT2D eigenvalue weighted by Gasteiger charge is -2.06. The van der Waals surface area contributed by atoms with Crippen LogP contribution in [-0.2, 0) is 0 Å². The fourth-order valence-electron chi connectivity index (χ4n) is 2.22. The number of nitrogens with zero attached hydrogens (tertiary/aromatic N) is 1. The molecule has 0 spiro atoms. The van der Waals surface area contributed by atoms with Crippen LogP contribution in [0, 0.1) is 6.92 Å². The average Bonchev–Trinajstić information content (AvgIpc) is 2.91. The molecule has 0 radical (unpaired) electrons. The molecule has 0 aliphatic rings. The number of aromatic nitrogens is 2. The highest BCUT2D eigenvalue weighted by molar-refractivity contribution is 5.83. The maximum Gasteiger partial charge on any atom is 0.125 e. The van der Waals surface area contributed by atoms with Crippen molar-refractivity contribution in [2.75, 3.05) is 5.73 Å². The van der Waals surface area contributed by atoms with Crippen LogP contribution in [0.3, 0.4) is 0 Å². The SMILES string of the molecule is Cc1ccc(O)c(-c2n[nH]cc2-c2ccc(N)cc2)c1. The van der Waals surface area contributed by atoms with Gasteiger partial charge in [-0.2, -0.15) is 5.10 Å². The van der Waals surface area contributed by atoms with Gasteiger partial charge in [-0.05, 0) is 36.8 Å². The average molecular weight is 265 g/mol. The van der Waals surface area contributed by atoms with Crippen LogP contribution in [-0.4, -0.2) is 15.3 Å². The summed E-state index contributed by atoms with van der Waals surface area (Å²) >= 11 is 0. The molecule has 3 aromatic rings. The Labute approximate surface area is 116 Å². The van der Waals surface area contributed by atoms with E-state index in [9.17, 15) is 5.11 Å². The summed E-state index contributed by atoms with van der Waals surface area (Å²) in [4.78, 5) is 0. The Balaban J connectivity index is 2.15. The standard InChI is InChI=1S/C16H15N3O/c1-10-2-7-15(20)13(8-10)16-14(9-18-19-16)11-3-5-12(17)6-4-11/h2-9,20H,17H2,1H3,(H,18,19). The predicted molar refractivity (Wildman–Crippen MR) is 80.3 cm³/mol. The van der Waals surface area contributed by atoms with Crippen LogP contribution in [0.5, 0.6) is 5.75 Å². The van der Waals surface area contributed by atoms with Gasteiger partial charge in [0.2, 0.25) is 0 Å². The van der Waals surface area contributed by atoms with Crippen molar-refractivity contribution in [1.82, 2.24) is 10.2 Å². The molecule has 0 aliphatic heterocycles. The first-order valence-electron chi connectivity index (χ1n) is 6.35. The van der Waals surface area contributed by atoms with Crippen LogP contribution in [0.25, 0.3) is 22.4 Å². The molecule has 4 nitrogen and oxygen atoms in total. The number of rotatable bonds is 2. The zero-order valence-electron chi connectivity index (χ0n) is 11.1. The van der Waals surface area contributed by atoms with Gasteiger partial charge in [0, 0.05) is 23.0 Å². The zero-order valence-corrected chi connectivity index (χ0v) is 11.1. The molecule has 0 aliphatic carbocycles. The monoisotopic (exact) mass is 265 g/mol. The Kier molecular flexibility index (Phi) is 2.91. The number of nitrogen functional groups attached to an aromatic ring is 1. The van der Waals surface area contributed by atoms with Crippen molar-refractivity contribution in [3.63, 3.8) is 0 Å². The molecule has 20 heavy (non-hydrogen) atoms. The molecular formula is C16H15N3O. The van der Waals surface area contributed by atoms with Crippen molar-refractivity contribution in [2.45, 2.75) is 6.92 Å². The number of benzene rings is 2. The summed E-state index contributed by atoms with van der Waals surface area (Å²) < 4.78 is 0. The van der Waals surface area contributed by atoms with E-state index in [1.54, 1.807) is 6.07 Å². The minimum absolute atomic E-state index is 0.222. The second-order valence-corrected chi connectivity index (χ2v) is 4.79. The van der Waals surface area contributed by atoms with Gasteiger partial charge >= 0.3 is 0 Å². The zero-order chi connectivity index (χ0) is 14.1. The molecule has 0 saturated carbocycles. The van der Waals surface area contributed by atoms with E-state index in [0.29, 0.717) is 0 Å². The lowest BCUT2D eigenvalue weighted by Crippen LogP contribution is -1.87. The highest BCUT2D eigenvalue weighted by Crippen LogP contribution is 2.35. The van der Waals surface area contributed by atoms with E-state index >= 15 is 0 Å². The minimum atomic E-state index is 0.222. The summed E-state index contributed by atoms with van der Waals surface area (Å²) in [6.45, 7) is 1.98. The Morgan fingerprint density at radius 1 is 1.05 bits per heavy atom. The van der Waals surface area contributed by atoms with E-state index in [1.165, 1.54) is 0 Å². The first kappa shape index (κ1) is 12.3. The second-order valence-electron chi connectivity index (χ2n) is 4.79. The number of aryl methyl sites for hydroxylation is 1. The molecule has 100 valence electrons. The fourth-order valence-corrected chi connectivity index (χ4v) is 2.22. The number of hydrogen-bond acceptors (Lipinski definition) is 3. The van der Waals surface area contributed by atoms with E-state index < -0.39 is 0 Å². The molecule has 0 amide bonds. The maximum absolute atomic E-state index is 10.0. The first-order valence-corrected chi connectivity index (χ1v) is 6.35. The Bertz CT molecular complexity index is 745. The van der Waals surface area contributed by atoms with Gasteiger partial charge < -0.3 is 10.8 Å². The molecule has 1 aromatic heterocycles. The van der Waals surface area contributed by atoms with Crippen LogP contribution < -0.4 is 5.73 Å². The molecule has 0 saturated heterocycles. The topological polar surface area (TPSA) is 74.9 Å². The molecule has 0 atom stereocenters. The highest BCUT2D eigenvalue weighted by Gasteiger charge is 2.14. The summed E-state index contributed by atoms with van der Waals surface area (Å²) in [6.07, 6.45) is 1.82. The number of nitrogens with two attached hydrogens (primary N) is 1. The molecule has 0 fully saturated rings. The van der Waals surface area contributed by atoms with Gasteiger partial charge in [-0.15, -0.1) is 0 Å². The number of phenols is 1. The third-order valence-electron chi connectivity index (χ3n) is 3.27. The molecule has 1 heterocycles. The number of nitrogens with one attached hydrogen (secondary N) is 1. The van der Waals surface area contributed by atoms with Crippen molar-refractivity contribution in [1.29, 1.82) is 0 Å². The summed E-state index contributed by atoms with van der Waals surface area (Å²) in [6, 6.07) is 13.1. The van der Waals surface area contributed by atoms with Gasteiger partial charge in [0.05, 0.1) is 0 Å². The van der Waals surface area contributed by atoms with Gasteiger partial charge in [-0.1, -0.05) is 23.8 Å². The van der Waals surface area contributed by atoms with Gasteiger partial charge in [0.25, 0.3) is 0 Å². The summed E-state index contributed by atoms with van der Waals surface area (Å²) in [7, 11) is 0. The van der Waals surface area contributed by atoms with E-state index in [2.05, 4.69) is 10.2 Å². The van der Waals surface area contributed by atoms with Crippen LogP contribution in [0.1, 0.15) is 5.56 Å². The van der Waals surface area contributed by atoms with Crippen molar-refractivity contribution in [3.05, 3.63) is 54.2 Å². The smallest absolute Gasteiger partial charge is 0.125 e. The van der Waals surface area contributed by atoms with Gasteiger partial charge in [0.15, 0.2) is 0 Å². The lowest BCUT2D eigenvalue weighted by molar-refractivity contribution is 0.477. The third-order valence-corrected chi connectivity index (χ3v) is 3.27. The minimum Gasteiger partial charge on any atom is -0.507 e. The van der Waals surface area contributed by atoms with Gasteiger partial charge in [0.1, 0.15) is 11.4 Å². The molecule has 3 rings (SSSR count). The summed E-state index contributed by atoms with van der Waals surface area (Å²) in [5.74, 6) is 0.222. The number of anilines is 1. The Hall–Kier alpha value is -2.75.